The van der Waals surface area contributed by atoms with Gasteiger partial charge in [0, 0.05) is 43.4 Å². The van der Waals surface area contributed by atoms with Gasteiger partial charge < -0.3 is 15.1 Å². The lowest BCUT2D eigenvalue weighted by Gasteiger charge is -2.32. The number of hydrogen-bond acceptors (Lipinski definition) is 9. The van der Waals surface area contributed by atoms with Crippen LogP contribution in [0.5, 0.6) is 0 Å². The molecular weight excluding hydrogens is 458 g/mol. The molecule has 0 aliphatic carbocycles. The third kappa shape index (κ3) is 7.11. The molecule has 0 radical (unpaired) electrons. The standard InChI is InChI=1S/C26H35N7OS/c1-5-6-20-16-23(27-17-20)28-24-29-25(33-13-11-32(4)12-14-33)31-26(30-24)35-21-9-7-19(8-10-21)15-22(34)18(2)3/h7-10,16,18H,5-6,11-15,17H2,1-4H3,(H,27,28,29,30,31). The van der Waals surface area contributed by atoms with E-state index < -0.39 is 0 Å². The molecule has 1 saturated heterocycles. The first-order valence-electron chi connectivity index (χ1n) is 12.4. The van der Waals surface area contributed by atoms with Gasteiger partial charge in [-0.25, -0.2) is 0 Å². The van der Waals surface area contributed by atoms with Crippen LogP contribution < -0.4 is 10.2 Å². The Balaban J connectivity index is 1.53. The van der Waals surface area contributed by atoms with E-state index in [9.17, 15) is 4.79 Å². The fourth-order valence-electron chi connectivity index (χ4n) is 3.92. The van der Waals surface area contributed by atoms with Gasteiger partial charge in [0.2, 0.25) is 11.9 Å². The second-order valence-electron chi connectivity index (χ2n) is 9.45. The Kier molecular flexibility index (Phi) is 8.51. The molecule has 2 aliphatic heterocycles. The van der Waals surface area contributed by atoms with Crippen molar-refractivity contribution in [2.75, 3.05) is 50.0 Å². The van der Waals surface area contributed by atoms with E-state index >= 15 is 0 Å². The van der Waals surface area contributed by atoms with Crippen LogP contribution in [0, 0.1) is 5.92 Å². The van der Waals surface area contributed by atoms with Crippen molar-refractivity contribution in [2.24, 2.45) is 10.9 Å². The minimum atomic E-state index is 0.0468. The molecular formula is C26H35N7OS. The second-order valence-corrected chi connectivity index (χ2v) is 10.5. The number of aliphatic imine (C=N–C) groups is 1. The van der Waals surface area contributed by atoms with Crippen molar-refractivity contribution in [2.45, 2.75) is 50.1 Å². The Morgan fingerprint density at radius 3 is 2.51 bits per heavy atom. The average Bonchev–Trinajstić information content (AvgIpc) is 3.27. The highest BCUT2D eigenvalue weighted by Crippen LogP contribution is 2.28. The van der Waals surface area contributed by atoms with E-state index in [-0.39, 0.29) is 11.7 Å². The predicted octanol–water partition coefficient (Wildman–Crippen LogP) is 4.09. The smallest absolute Gasteiger partial charge is 0.234 e. The molecule has 4 rings (SSSR count). The number of benzene rings is 1. The van der Waals surface area contributed by atoms with Gasteiger partial charge in [-0.1, -0.05) is 39.3 Å². The minimum Gasteiger partial charge on any atom is -0.338 e. The minimum absolute atomic E-state index is 0.0468. The zero-order chi connectivity index (χ0) is 24.8. The SMILES string of the molecule is CCCC1=CC(Nc2nc(Sc3ccc(CC(=O)C(C)C)cc3)nc(N3CCN(C)CC3)n2)=NC1. The molecule has 9 heteroatoms. The molecule has 0 saturated carbocycles. The van der Waals surface area contributed by atoms with Gasteiger partial charge in [-0.2, -0.15) is 15.0 Å². The molecule has 1 aromatic heterocycles. The number of aromatic nitrogens is 3. The number of hydrogen-bond donors (Lipinski definition) is 1. The van der Waals surface area contributed by atoms with Crippen molar-refractivity contribution in [1.29, 1.82) is 0 Å². The second kappa shape index (κ2) is 11.8. The number of nitrogens with one attached hydrogen (secondary N) is 1. The maximum Gasteiger partial charge on any atom is 0.234 e. The fraction of sp³-hybridized carbons (Fsp3) is 0.500. The number of carbonyl (C=O) groups excluding carboxylic acids is 1. The number of likely N-dealkylation sites (N-methyl/N-ethyl adjacent to an activating group) is 1. The van der Waals surface area contributed by atoms with E-state index in [1.807, 2.05) is 38.1 Å². The van der Waals surface area contributed by atoms with Crippen molar-refractivity contribution < 1.29 is 4.79 Å². The number of rotatable bonds is 9. The summed E-state index contributed by atoms with van der Waals surface area (Å²) in [5.41, 5.74) is 2.35. The molecule has 0 bridgehead atoms. The molecule has 0 atom stereocenters. The lowest BCUT2D eigenvalue weighted by atomic mass is 10.0. The molecule has 0 unspecified atom stereocenters. The van der Waals surface area contributed by atoms with Crippen LogP contribution in [0.3, 0.4) is 0 Å². The van der Waals surface area contributed by atoms with E-state index in [2.05, 4.69) is 40.2 Å². The third-order valence-corrected chi connectivity index (χ3v) is 7.02. The summed E-state index contributed by atoms with van der Waals surface area (Å²) in [5, 5.41) is 3.95. The lowest BCUT2D eigenvalue weighted by Crippen LogP contribution is -2.45. The zero-order valence-corrected chi connectivity index (χ0v) is 21.9. The van der Waals surface area contributed by atoms with Crippen LogP contribution >= 0.6 is 11.8 Å². The Morgan fingerprint density at radius 1 is 1.09 bits per heavy atom. The Morgan fingerprint density at radius 2 is 1.83 bits per heavy atom. The molecule has 3 heterocycles. The summed E-state index contributed by atoms with van der Waals surface area (Å²) in [6.07, 6.45) is 4.73. The first-order valence-corrected chi connectivity index (χ1v) is 13.2. The van der Waals surface area contributed by atoms with E-state index in [0.29, 0.717) is 23.5 Å². The topological polar surface area (TPSA) is 86.6 Å². The van der Waals surface area contributed by atoms with Crippen LogP contribution in [0.15, 0.2) is 51.0 Å². The van der Waals surface area contributed by atoms with Crippen LogP contribution in [0.25, 0.3) is 0 Å². The molecule has 8 nitrogen and oxygen atoms in total. The zero-order valence-electron chi connectivity index (χ0n) is 21.1. The van der Waals surface area contributed by atoms with E-state index in [0.717, 1.165) is 61.9 Å². The summed E-state index contributed by atoms with van der Waals surface area (Å²) in [6.45, 7) is 10.5. The molecule has 1 N–H and O–H groups in total. The van der Waals surface area contributed by atoms with Gasteiger partial charge in [0.15, 0.2) is 5.16 Å². The van der Waals surface area contributed by atoms with Gasteiger partial charge in [0.1, 0.15) is 11.6 Å². The molecule has 1 fully saturated rings. The largest absolute Gasteiger partial charge is 0.338 e. The van der Waals surface area contributed by atoms with Gasteiger partial charge in [0.05, 0.1) is 6.54 Å². The number of ketones is 1. The maximum atomic E-state index is 12.1. The van der Waals surface area contributed by atoms with Gasteiger partial charge >= 0.3 is 0 Å². The van der Waals surface area contributed by atoms with E-state index in [1.165, 1.54) is 17.3 Å². The Hall–Kier alpha value is -2.78. The van der Waals surface area contributed by atoms with Crippen LogP contribution in [-0.4, -0.2) is 71.2 Å². The molecule has 1 aromatic carbocycles. The number of amidine groups is 1. The van der Waals surface area contributed by atoms with Crippen LogP contribution in [0.4, 0.5) is 11.9 Å². The maximum absolute atomic E-state index is 12.1. The first kappa shape index (κ1) is 25.3. The third-order valence-electron chi connectivity index (χ3n) is 6.15. The van der Waals surface area contributed by atoms with Crippen molar-refractivity contribution in [3.8, 4) is 0 Å². The van der Waals surface area contributed by atoms with Crippen LogP contribution in [-0.2, 0) is 11.2 Å². The quantitative estimate of drug-likeness (QED) is 0.559. The number of nitrogens with zero attached hydrogens (tertiary/aromatic N) is 6. The highest BCUT2D eigenvalue weighted by molar-refractivity contribution is 7.99. The fourth-order valence-corrected chi connectivity index (χ4v) is 4.66. The van der Waals surface area contributed by atoms with E-state index in [1.54, 1.807) is 0 Å². The summed E-state index contributed by atoms with van der Waals surface area (Å²) >= 11 is 1.50. The molecule has 0 amide bonds. The molecule has 0 spiro atoms. The number of piperazine rings is 1. The summed E-state index contributed by atoms with van der Waals surface area (Å²) in [7, 11) is 2.13. The lowest BCUT2D eigenvalue weighted by molar-refractivity contribution is -0.121. The summed E-state index contributed by atoms with van der Waals surface area (Å²) in [6, 6.07) is 8.08. The summed E-state index contributed by atoms with van der Waals surface area (Å²) in [5.74, 6) is 2.31. The molecule has 186 valence electrons. The van der Waals surface area contributed by atoms with Crippen LogP contribution in [0.2, 0.25) is 0 Å². The average molecular weight is 494 g/mol. The van der Waals surface area contributed by atoms with Crippen molar-refractivity contribution in [1.82, 2.24) is 19.9 Å². The van der Waals surface area contributed by atoms with E-state index in [4.69, 9.17) is 15.0 Å². The normalized spacial score (nSPS) is 16.4. The Bertz CT molecular complexity index is 1090. The summed E-state index contributed by atoms with van der Waals surface area (Å²) < 4.78 is 0. The van der Waals surface area contributed by atoms with Crippen LogP contribution in [0.1, 0.15) is 39.2 Å². The molecule has 2 aliphatic rings. The number of anilines is 2. The monoisotopic (exact) mass is 493 g/mol. The Labute approximate surface area is 212 Å². The molecule has 2 aromatic rings. The van der Waals surface area contributed by atoms with Crippen molar-refractivity contribution >= 4 is 35.3 Å². The van der Waals surface area contributed by atoms with Gasteiger partial charge in [-0.3, -0.25) is 9.79 Å². The highest BCUT2D eigenvalue weighted by Gasteiger charge is 2.20. The molecule has 35 heavy (non-hydrogen) atoms. The highest BCUT2D eigenvalue weighted by atomic mass is 32.2. The number of carbonyl (C=O) groups is 1. The van der Waals surface area contributed by atoms with Gasteiger partial charge in [-0.15, -0.1) is 0 Å². The van der Waals surface area contributed by atoms with Crippen molar-refractivity contribution in [3.63, 3.8) is 0 Å². The summed E-state index contributed by atoms with van der Waals surface area (Å²) in [4.78, 5) is 36.4. The van der Waals surface area contributed by atoms with Gasteiger partial charge in [0.25, 0.3) is 0 Å². The first-order chi connectivity index (χ1) is 16.9. The van der Waals surface area contributed by atoms with Crippen molar-refractivity contribution in [3.05, 3.63) is 41.5 Å². The van der Waals surface area contributed by atoms with Gasteiger partial charge in [-0.05, 0) is 54.6 Å². The predicted molar refractivity (Wildman–Crippen MR) is 143 cm³/mol. The number of Topliss-reactive ketones (excluding diaryl/α,β-unsaturated/α-hetero) is 1.